The van der Waals surface area contributed by atoms with Crippen molar-refractivity contribution in [3.8, 4) is 0 Å². The summed E-state index contributed by atoms with van der Waals surface area (Å²) in [5.41, 5.74) is -0.909. The molecule has 8 heteroatoms. The lowest BCUT2D eigenvalue weighted by molar-refractivity contribution is -0.161. The summed E-state index contributed by atoms with van der Waals surface area (Å²) < 4.78 is 50.2. The molecule has 0 bridgehead atoms. The van der Waals surface area contributed by atoms with Crippen molar-refractivity contribution >= 4 is 25.6 Å². The molecule has 21 heavy (non-hydrogen) atoms. The zero-order valence-electron chi connectivity index (χ0n) is 13.5. The van der Waals surface area contributed by atoms with Gasteiger partial charge in [-0.05, 0) is 33.1 Å². The Morgan fingerprint density at radius 1 is 1.10 bits per heavy atom. The normalized spacial score (nSPS) is 15.0. The molecule has 0 saturated carbocycles. The fraction of sp³-hybridized carbons (Fsp3) is 0.923. The van der Waals surface area contributed by atoms with E-state index in [0.29, 0.717) is 6.42 Å². The van der Waals surface area contributed by atoms with E-state index in [2.05, 4.69) is 0 Å². The Hall–Kier alpha value is -0.630. The van der Waals surface area contributed by atoms with Crippen molar-refractivity contribution in [2.45, 2.75) is 57.1 Å². The Kier molecular flexibility index (Phi) is 6.87. The quantitative estimate of drug-likeness (QED) is 0.621. The number of carbonyl (C=O) groups is 1. The minimum absolute atomic E-state index is 0.0988. The van der Waals surface area contributed by atoms with Gasteiger partial charge in [0, 0.05) is 12.5 Å². The summed E-state index contributed by atoms with van der Waals surface area (Å²) in [6.45, 7) is 6.90. The number of hydrogen-bond acceptors (Lipinski definition) is 6. The summed E-state index contributed by atoms with van der Waals surface area (Å²) in [5.74, 6) is -0.609. The van der Waals surface area contributed by atoms with Crippen molar-refractivity contribution in [3.05, 3.63) is 0 Å². The molecule has 0 spiro atoms. The molecule has 0 N–H and O–H groups in total. The maximum absolute atomic E-state index is 11.8. The highest BCUT2D eigenvalue weighted by molar-refractivity contribution is 8.08. The molecule has 1 unspecified atom stereocenters. The van der Waals surface area contributed by atoms with Crippen LogP contribution in [0.15, 0.2) is 0 Å². The van der Waals surface area contributed by atoms with Crippen molar-refractivity contribution in [1.29, 1.82) is 0 Å². The van der Waals surface area contributed by atoms with E-state index >= 15 is 0 Å². The maximum Gasteiger partial charge on any atom is 0.309 e. The van der Waals surface area contributed by atoms with Crippen LogP contribution in [0.2, 0.25) is 0 Å². The molecule has 0 aliphatic rings. The molecule has 0 rings (SSSR count). The molecule has 126 valence electrons. The van der Waals surface area contributed by atoms with Crippen molar-refractivity contribution < 1.29 is 26.4 Å². The SMILES string of the molecule is CCC(C)C(=O)OC(C)(C)CCC(S(C)(=O)=O)S(C)(=O)=O. The van der Waals surface area contributed by atoms with Crippen molar-refractivity contribution in [3.63, 3.8) is 0 Å². The Morgan fingerprint density at radius 3 is 1.86 bits per heavy atom. The number of ether oxygens (including phenoxy) is 1. The first kappa shape index (κ1) is 20.4. The largest absolute Gasteiger partial charge is 0.459 e. The van der Waals surface area contributed by atoms with Gasteiger partial charge >= 0.3 is 5.97 Å². The number of rotatable bonds is 8. The average molecular weight is 342 g/mol. The van der Waals surface area contributed by atoms with E-state index in [0.717, 1.165) is 12.5 Å². The molecule has 6 nitrogen and oxygen atoms in total. The number of sulfone groups is 2. The third-order valence-electron chi connectivity index (χ3n) is 3.33. The second kappa shape index (κ2) is 7.09. The van der Waals surface area contributed by atoms with Crippen LogP contribution in [0.25, 0.3) is 0 Å². The van der Waals surface area contributed by atoms with E-state index in [1.807, 2.05) is 6.92 Å². The van der Waals surface area contributed by atoms with Gasteiger partial charge in [-0.1, -0.05) is 13.8 Å². The summed E-state index contributed by atoms with van der Waals surface area (Å²) in [6.07, 6.45) is 2.50. The van der Waals surface area contributed by atoms with E-state index in [1.54, 1.807) is 20.8 Å². The van der Waals surface area contributed by atoms with Crippen LogP contribution in [-0.2, 0) is 29.2 Å². The zero-order chi connectivity index (χ0) is 17.1. The van der Waals surface area contributed by atoms with Crippen LogP contribution in [0.4, 0.5) is 0 Å². The molecule has 0 aliphatic carbocycles. The fourth-order valence-corrected chi connectivity index (χ4v) is 5.43. The Morgan fingerprint density at radius 2 is 1.52 bits per heavy atom. The monoisotopic (exact) mass is 342 g/mol. The van der Waals surface area contributed by atoms with Gasteiger partial charge in [-0.25, -0.2) is 16.8 Å². The second-order valence-electron chi connectivity index (χ2n) is 6.12. The summed E-state index contributed by atoms with van der Waals surface area (Å²) in [6, 6.07) is 0. The van der Waals surface area contributed by atoms with Gasteiger partial charge in [0.15, 0.2) is 24.3 Å². The topological polar surface area (TPSA) is 94.6 Å². The first-order valence-corrected chi connectivity index (χ1v) is 10.7. The average Bonchev–Trinajstić information content (AvgIpc) is 2.23. The summed E-state index contributed by atoms with van der Waals surface area (Å²) >= 11 is 0. The summed E-state index contributed by atoms with van der Waals surface area (Å²) in [5, 5.41) is 0. The molecule has 0 amide bonds. The number of esters is 1. The Labute approximate surface area is 128 Å². The van der Waals surface area contributed by atoms with E-state index in [1.165, 1.54) is 0 Å². The first-order valence-electron chi connectivity index (χ1n) is 6.81. The lowest BCUT2D eigenvalue weighted by Crippen LogP contribution is -2.35. The third kappa shape index (κ3) is 7.26. The van der Waals surface area contributed by atoms with Gasteiger partial charge in [0.2, 0.25) is 0 Å². The minimum Gasteiger partial charge on any atom is -0.459 e. The van der Waals surface area contributed by atoms with E-state index < -0.39 is 29.9 Å². The van der Waals surface area contributed by atoms with Crippen LogP contribution in [0.5, 0.6) is 0 Å². The van der Waals surface area contributed by atoms with Gasteiger partial charge in [0.05, 0.1) is 5.92 Å². The van der Waals surface area contributed by atoms with Crippen LogP contribution in [0.3, 0.4) is 0 Å². The van der Waals surface area contributed by atoms with Crippen LogP contribution in [0, 0.1) is 5.92 Å². The molecule has 0 aliphatic heterocycles. The number of hydrogen-bond donors (Lipinski definition) is 0. The van der Waals surface area contributed by atoms with Crippen LogP contribution in [-0.4, -0.2) is 45.5 Å². The lowest BCUT2D eigenvalue weighted by Gasteiger charge is -2.28. The highest BCUT2D eigenvalue weighted by Gasteiger charge is 2.34. The molecule has 0 fully saturated rings. The molecular formula is C13H26O6S2. The lowest BCUT2D eigenvalue weighted by atomic mass is 10.0. The van der Waals surface area contributed by atoms with E-state index in [4.69, 9.17) is 4.74 Å². The predicted octanol–water partition coefficient (Wildman–Crippen LogP) is 1.55. The van der Waals surface area contributed by atoms with Gasteiger partial charge in [0.1, 0.15) is 5.60 Å². The van der Waals surface area contributed by atoms with Gasteiger partial charge in [-0.15, -0.1) is 0 Å². The smallest absolute Gasteiger partial charge is 0.309 e. The third-order valence-corrected chi connectivity index (χ3v) is 7.81. The maximum atomic E-state index is 11.8. The van der Waals surface area contributed by atoms with E-state index in [9.17, 15) is 21.6 Å². The molecule has 0 aromatic heterocycles. The van der Waals surface area contributed by atoms with Crippen LogP contribution in [0.1, 0.15) is 47.0 Å². The molecule has 0 aromatic rings. The molecular weight excluding hydrogens is 316 g/mol. The van der Waals surface area contributed by atoms with Gasteiger partial charge in [0.25, 0.3) is 0 Å². The molecule has 0 saturated heterocycles. The van der Waals surface area contributed by atoms with Crippen LogP contribution >= 0.6 is 0 Å². The molecule has 1 atom stereocenters. The van der Waals surface area contributed by atoms with Gasteiger partial charge < -0.3 is 4.74 Å². The first-order chi connectivity index (χ1) is 9.20. The number of carbonyl (C=O) groups excluding carboxylic acids is 1. The minimum atomic E-state index is -3.72. The second-order valence-corrected chi connectivity index (χ2v) is 10.9. The van der Waals surface area contributed by atoms with Crippen molar-refractivity contribution in [1.82, 2.24) is 0 Å². The highest BCUT2D eigenvalue weighted by atomic mass is 32.3. The fourth-order valence-electron chi connectivity index (χ4n) is 1.80. The van der Waals surface area contributed by atoms with Gasteiger partial charge in [-0.3, -0.25) is 4.79 Å². The Balaban J connectivity index is 4.92. The summed E-state index contributed by atoms with van der Waals surface area (Å²) in [4.78, 5) is 11.8. The van der Waals surface area contributed by atoms with E-state index in [-0.39, 0.29) is 24.7 Å². The van der Waals surface area contributed by atoms with Crippen LogP contribution < -0.4 is 0 Å². The molecule has 0 heterocycles. The zero-order valence-corrected chi connectivity index (χ0v) is 15.2. The highest BCUT2D eigenvalue weighted by Crippen LogP contribution is 2.24. The molecule has 0 radical (unpaired) electrons. The van der Waals surface area contributed by atoms with Gasteiger partial charge in [-0.2, -0.15) is 0 Å². The summed E-state index contributed by atoms with van der Waals surface area (Å²) in [7, 11) is -7.45. The van der Waals surface area contributed by atoms with Crippen molar-refractivity contribution in [2.75, 3.05) is 12.5 Å². The predicted molar refractivity (Wildman–Crippen MR) is 82.3 cm³/mol. The standard InChI is InChI=1S/C13H26O6S2/c1-7-10(2)12(14)19-13(3,4)9-8-11(20(5,15)16)21(6,17)18/h10-11H,7-9H2,1-6H3. The Bertz CT molecular complexity index is 527. The van der Waals surface area contributed by atoms with Crippen molar-refractivity contribution in [2.24, 2.45) is 5.92 Å². The molecule has 0 aromatic carbocycles.